The van der Waals surface area contributed by atoms with Gasteiger partial charge in [-0.3, -0.25) is 9.59 Å². The summed E-state index contributed by atoms with van der Waals surface area (Å²) >= 11 is 0. The van der Waals surface area contributed by atoms with Gasteiger partial charge in [0.15, 0.2) is 5.78 Å². The van der Waals surface area contributed by atoms with Crippen molar-refractivity contribution in [2.24, 2.45) is 0 Å². The number of aliphatic hydroxyl groups excluding tert-OH is 4. The smallest absolute Gasteiger partial charge is 0.303 e. The monoisotopic (exact) mass is 356 g/mol. The van der Waals surface area contributed by atoms with Crippen molar-refractivity contribution in [2.75, 3.05) is 6.61 Å². The van der Waals surface area contributed by atoms with Crippen molar-refractivity contribution in [1.82, 2.24) is 0 Å². The second-order valence-corrected chi connectivity index (χ2v) is 5.63. The summed E-state index contributed by atoms with van der Waals surface area (Å²) in [7, 11) is 0. The molecule has 0 unspecified atom stereocenters. The van der Waals surface area contributed by atoms with Crippen molar-refractivity contribution in [2.45, 2.75) is 43.5 Å². The molecule has 1 aliphatic rings. The summed E-state index contributed by atoms with van der Waals surface area (Å²) in [6, 6.07) is 5.99. The maximum Gasteiger partial charge on any atom is 0.303 e. The average molecular weight is 356 g/mol. The number of aliphatic carboxylic acids is 1. The number of para-hydroxylation sites is 1. The number of carbonyl (C=O) groups is 2. The van der Waals surface area contributed by atoms with E-state index in [1.807, 2.05) is 0 Å². The van der Waals surface area contributed by atoms with Gasteiger partial charge in [-0.15, -0.1) is 0 Å². The zero-order chi connectivity index (χ0) is 18.6. The molecule has 0 spiro atoms. The standard InChI is InChI=1S/C16H20O9/c17-7-11-13(21)14(22)15(23)16(25-11)24-10-4-2-1-3-8(10)9(18)5-6-12(19)20/h1-4,11,13-17,21-23H,5-7H2,(H,19,20)/t11-,13-,14+,15-,16-/m1/s1. The highest BCUT2D eigenvalue weighted by molar-refractivity contribution is 5.99. The minimum absolute atomic E-state index is 0.0298. The highest BCUT2D eigenvalue weighted by atomic mass is 16.7. The fraction of sp³-hybridized carbons (Fsp3) is 0.500. The highest BCUT2D eigenvalue weighted by Gasteiger charge is 2.44. The fourth-order valence-electron chi connectivity index (χ4n) is 2.44. The summed E-state index contributed by atoms with van der Waals surface area (Å²) in [6.07, 6.45) is -7.88. The number of rotatable bonds is 7. The second-order valence-electron chi connectivity index (χ2n) is 5.63. The van der Waals surface area contributed by atoms with Crippen molar-refractivity contribution in [3.8, 4) is 5.75 Å². The largest absolute Gasteiger partial charge is 0.481 e. The number of ether oxygens (including phenoxy) is 2. The first kappa shape index (κ1) is 19.3. The first-order chi connectivity index (χ1) is 11.8. The first-order valence-corrected chi connectivity index (χ1v) is 7.66. The van der Waals surface area contributed by atoms with Gasteiger partial charge < -0.3 is 35.0 Å². The molecule has 0 aromatic heterocycles. The highest BCUT2D eigenvalue weighted by Crippen LogP contribution is 2.27. The van der Waals surface area contributed by atoms with Crippen molar-refractivity contribution in [3.05, 3.63) is 29.8 Å². The van der Waals surface area contributed by atoms with Crippen molar-refractivity contribution in [1.29, 1.82) is 0 Å². The van der Waals surface area contributed by atoms with Gasteiger partial charge >= 0.3 is 5.97 Å². The summed E-state index contributed by atoms with van der Waals surface area (Å²) < 4.78 is 10.7. The molecule has 0 saturated carbocycles. The third-order valence-corrected chi connectivity index (χ3v) is 3.84. The number of Topliss-reactive ketones (excluding diaryl/α,β-unsaturated/α-hetero) is 1. The molecule has 1 aromatic carbocycles. The summed E-state index contributed by atoms with van der Waals surface area (Å²) in [5, 5.41) is 47.3. The average Bonchev–Trinajstić information content (AvgIpc) is 2.60. The normalized spacial score (nSPS) is 29.2. The Balaban J connectivity index is 2.16. The maximum atomic E-state index is 12.2. The van der Waals surface area contributed by atoms with Crippen LogP contribution in [0.15, 0.2) is 24.3 Å². The molecular formula is C16H20O9. The Kier molecular flexibility index (Phi) is 6.45. The van der Waals surface area contributed by atoms with E-state index >= 15 is 0 Å². The predicted molar refractivity (Wildman–Crippen MR) is 82.0 cm³/mol. The number of carboxylic acids is 1. The van der Waals surface area contributed by atoms with Crippen LogP contribution in [0.2, 0.25) is 0 Å². The van der Waals surface area contributed by atoms with Crippen LogP contribution in [-0.2, 0) is 9.53 Å². The van der Waals surface area contributed by atoms with Crippen LogP contribution in [0, 0.1) is 0 Å². The van der Waals surface area contributed by atoms with E-state index in [4.69, 9.17) is 14.6 Å². The predicted octanol–water partition coefficient (Wildman–Crippen LogP) is -1.09. The van der Waals surface area contributed by atoms with E-state index in [1.54, 1.807) is 12.1 Å². The van der Waals surface area contributed by atoms with Crippen LogP contribution in [0.5, 0.6) is 5.75 Å². The molecule has 0 aliphatic carbocycles. The number of aliphatic hydroxyl groups is 4. The molecule has 9 nitrogen and oxygen atoms in total. The zero-order valence-electron chi connectivity index (χ0n) is 13.2. The quantitative estimate of drug-likeness (QED) is 0.383. The molecule has 9 heteroatoms. The van der Waals surface area contributed by atoms with Crippen LogP contribution < -0.4 is 4.74 Å². The van der Waals surface area contributed by atoms with E-state index in [0.717, 1.165) is 0 Å². The molecule has 1 fully saturated rings. The Hall–Kier alpha value is -2.04. The van der Waals surface area contributed by atoms with Crippen LogP contribution in [0.4, 0.5) is 0 Å². The first-order valence-electron chi connectivity index (χ1n) is 7.66. The van der Waals surface area contributed by atoms with Gasteiger partial charge in [-0.05, 0) is 12.1 Å². The van der Waals surface area contributed by atoms with Crippen LogP contribution >= 0.6 is 0 Å². The lowest BCUT2D eigenvalue weighted by molar-refractivity contribution is -0.277. The van der Waals surface area contributed by atoms with Crippen LogP contribution in [-0.4, -0.2) is 74.6 Å². The lowest BCUT2D eigenvalue weighted by Crippen LogP contribution is -2.60. The summed E-state index contributed by atoms with van der Waals surface area (Å²) in [6.45, 7) is -0.607. The summed E-state index contributed by atoms with van der Waals surface area (Å²) in [5.74, 6) is -1.55. The van der Waals surface area contributed by atoms with Crippen molar-refractivity contribution in [3.63, 3.8) is 0 Å². The second kappa shape index (κ2) is 8.37. The Morgan fingerprint density at radius 3 is 2.36 bits per heavy atom. The lowest BCUT2D eigenvalue weighted by Gasteiger charge is -2.39. The van der Waals surface area contributed by atoms with E-state index in [0.29, 0.717) is 0 Å². The van der Waals surface area contributed by atoms with E-state index in [2.05, 4.69) is 0 Å². The topological polar surface area (TPSA) is 154 Å². The Labute approximate surface area is 143 Å². The minimum Gasteiger partial charge on any atom is -0.481 e. The van der Waals surface area contributed by atoms with E-state index in [1.165, 1.54) is 12.1 Å². The summed E-state index contributed by atoms with van der Waals surface area (Å²) in [4.78, 5) is 22.8. The Morgan fingerprint density at radius 2 is 1.72 bits per heavy atom. The number of benzene rings is 1. The molecule has 0 radical (unpaired) electrons. The Morgan fingerprint density at radius 1 is 1.04 bits per heavy atom. The molecule has 2 rings (SSSR count). The molecule has 1 aromatic rings. The van der Waals surface area contributed by atoms with Gasteiger partial charge in [0.25, 0.3) is 0 Å². The Bertz CT molecular complexity index is 615. The van der Waals surface area contributed by atoms with Crippen LogP contribution in [0.1, 0.15) is 23.2 Å². The number of carboxylic acid groups (broad SMARTS) is 1. The van der Waals surface area contributed by atoms with Gasteiger partial charge in [-0.1, -0.05) is 12.1 Å². The van der Waals surface area contributed by atoms with Gasteiger partial charge in [0.2, 0.25) is 6.29 Å². The maximum absolute atomic E-state index is 12.2. The molecular weight excluding hydrogens is 336 g/mol. The van der Waals surface area contributed by atoms with Gasteiger partial charge in [0, 0.05) is 6.42 Å². The van der Waals surface area contributed by atoms with Crippen LogP contribution in [0.3, 0.4) is 0 Å². The number of ketones is 1. The third-order valence-electron chi connectivity index (χ3n) is 3.84. The van der Waals surface area contributed by atoms with Crippen molar-refractivity contribution < 1.29 is 44.6 Å². The molecule has 138 valence electrons. The van der Waals surface area contributed by atoms with E-state index in [9.17, 15) is 30.0 Å². The minimum atomic E-state index is -1.61. The molecule has 5 N–H and O–H groups in total. The SMILES string of the molecule is O=C(O)CCC(=O)c1ccccc1O[C@@H]1O[C@H](CO)[C@@H](O)[C@H](O)[C@H]1O. The zero-order valence-corrected chi connectivity index (χ0v) is 13.2. The summed E-state index contributed by atoms with van der Waals surface area (Å²) in [5.41, 5.74) is 0.0979. The van der Waals surface area contributed by atoms with Crippen LogP contribution in [0.25, 0.3) is 0 Å². The number of hydrogen-bond acceptors (Lipinski definition) is 8. The van der Waals surface area contributed by atoms with Gasteiger partial charge in [-0.2, -0.15) is 0 Å². The molecule has 5 atom stereocenters. The number of hydrogen-bond donors (Lipinski definition) is 5. The lowest BCUT2D eigenvalue weighted by atomic mass is 9.99. The van der Waals surface area contributed by atoms with E-state index < -0.39 is 49.1 Å². The van der Waals surface area contributed by atoms with Gasteiger partial charge in [0.1, 0.15) is 30.2 Å². The van der Waals surface area contributed by atoms with Crippen molar-refractivity contribution >= 4 is 11.8 Å². The molecule has 0 bridgehead atoms. The molecule has 1 aliphatic heterocycles. The molecule has 0 amide bonds. The third kappa shape index (κ3) is 4.53. The fourth-order valence-corrected chi connectivity index (χ4v) is 2.44. The van der Waals surface area contributed by atoms with Gasteiger partial charge in [-0.25, -0.2) is 0 Å². The molecule has 1 saturated heterocycles. The molecule has 1 heterocycles. The number of carbonyl (C=O) groups excluding carboxylic acids is 1. The van der Waals surface area contributed by atoms with Gasteiger partial charge in [0.05, 0.1) is 18.6 Å². The van der Waals surface area contributed by atoms with E-state index in [-0.39, 0.29) is 24.2 Å². The molecule has 25 heavy (non-hydrogen) atoms.